The van der Waals surface area contributed by atoms with Crippen molar-refractivity contribution in [3.05, 3.63) is 183 Å². The number of H-pyrrole nitrogens is 7. The predicted octanol–water partition coefficient (Wildman–Crippen LogP) is 11.3. The second-order valence-electron chi connectivity index (χ2n) is 12.4. The zero-order chi connectivity index (χ0) is 45.6. The molecule has 0 bridgehead atoms. The van der Waals surface area contributed by atoms with Gasteiger partial charge in [0.1, 0.15) is 5.52 Å². The molecule has 336 valence electrons. The average Bonchev–Trinajstić information content (AvgIpc) is 4.15. The van der Waals surface area contributed by atoms with E-state index in [1.165, 1.54) is 5.39 Å². The van der Waals surface area contributed by atoms with Gasteiger partial charge in [-0.2, -0.15) is 30.6 Å². The maximum Gasteiger partial charge on any atom is 1.00 e. The zero-order valence-corrected chi connectivity index (χ0v) is 45.3. The normalized spacial score (nSPS) is 10.8. The van der Waals surface area contributed by atoms with E-state index < -0.39 is 21.6 Å². The average molecular weight is 1220 g/mol. The van der Waals surface area contributed by atoms with Crippen LogP contribution in [0.3, 0.4) is 0 Å². The van der Waals surface area contributed by atoms with Crippen molar-refractivity contribution in [3.63, 3.8) is 0 Å². The van der Waals surface area contributed by atoms with E-state index in [1.54, 1.807) is 0 Å². The van der Waals surface area contributed by atoms with Gasteiger partial charge >= 0.3 is 129 Å². The number of aromatic nitrogens is 12. The molecule has 0 saturated carbocycles. The second-order valence-corrected chi connectivity index (χ2v) is 44.1. The SMILES string of the molecule is [Cl][Ru]([Cl])([Cl])[Cl].[Cl][Ru]([Cl])([Cl])[Cl].[Na+].c1ccc2[nH][nH+]cc2c1.c1ccc2[nH]ncc2c1.c1ccc2[nH]ncc2c1.c1ccc2[nH]ncc2c1.c1ccc2[nH]ncc2c1.c1ccc2[nH]ncc2c1. The summed E-state index contributed by atoms with van der Waals surface area (Å²) in [6, 6.07) is 48.2. The molecule has 0 aliphatic heterocycles. The molecule has 0 atom stereocenters. The Kier molecular flexibility index (Phi) is 24.1. The van der Waals surface area contributed by atoms with E-state index in [1.807, 2.05) is 177 Å². The quantitative estimate of drug-likeness (QED) is 0.0828. The van der Waals surface area contributed by atoms with E-state index in [4.69, 9.17) is 77.5 Å². The topological polar surface area (TPSA) is 173 Å². The molecule has 0 aliphatic rings. The molecule has 12 aromatic rings. The van der Waals surface area contributed by atoms with E-state index in [0.29, 0.717) is 0 Å². The van der Waals surface area contributed by atoms with Crippen molar-refractivity contribution in [1.82, 2.24) is 56.1 Å². The van der Waals surface area contributed by atoms with Gasteiger partial charge in [-0.3, -0.25) is 25.5 Å². The van der Waals surface area contributed by atoms with Crippen LogP contribution in [0.1, 0.15) is 0 Å². The minimum absolute atomic E-state index is 0. The molecule has 23 heteroatoms. The number of hydrogen-bond acceptors (Lipinski definition) is 5. The number of halogens is 8. The Labute approximate surface area is 433 Å². The Hall–Kier alpha value is -3.29. The van der Waals surface area contributed by atoms with Gasteiger partial charge in [-0.15, -0.1) is 5.10 Å². The molecule has 0 radical (unpaired) electrons. The van der Waals surface area contributed by atoms with Crippen molar-refractivity contribution in [3.8, 4) is 0 Å². The maximum absolute atomic E-state index is 5.00. The molecule has 0 spiro atoms. The van der Waals surface area contributed by atoms with Crippen molar-refractivity contribution in [2.24, 2.45) is 0 Å². The van der Waals surface area contributed by atoms with Gasteiger partial charge in [0.25, 0.3) is 0 Å². The number of fused-ring (bicyclic) bond motifs is 6. The number of nitrogens with one attached hydrogen (secondary N) is 7. The van der Waals surface area contributed by atoms with Crippen LogP contribution >= 0.6 is 77.5 Å². The summed E-state index contributed by atoms with van der Waals surface area (Å²) in [7, 11) is 34.0. The van der Waals surface area contributed by atoms with E-state index in [-0.39, 0.29) is 29.6 Å². The van der Waals surface area contributed by atoms with E-state index >= 15 is 0 Å². The van der Waals surface area contributed by atoms with Crippen molar-refractivity contribution in [1.29, 1.82) is 0 Å². The summed E-state index contributed by atoms with van der Waals surface area (Å²) in [5.41, 5.74) is 6.63. The minimum Gasteiger partial charge on any atom is -0.278 e. The van der Waals surface area contributed by atoms with Gasteiger partial charge in [0.05, 0.1) is 64.0 Å². The summed E-state index contributed by atoms with van der Waals surface area (Å²) < 4.78 is 0. The molecule has 7 N–H and O–H groups in total. The van der Waals surface area contributed by atoms with Crippen LogP contribution in [0.15, 0.2) is 183 Å². The molecule has 0 saturated heterocycles. The number of aromatic amines is 7. The van der Waals surface area contributed by atoms with Crippen LogP contribution < -0.4 is 34.7 Å². The molecule has 6 aromatic carbocycles. The number of nitrogens with zero attached hydrogens (tertiary/aromatic N) is 5. The van der Waals surface area contributed by atoms with E-state index in [2.05, 4.69) is 67.3 Å². The molecule has 0 fully saturated rings. The summed E-state index contributed by atoms with van der Waals surface area (Å²) in [6.07, 6.45) is 11.0. The maximum atomic E-state index is 5.00. The smallest absolute Gasteiger partial charge is 0.278 e. The van der Waals surface area contributed by atoms with Crippen LogP contribution in [-0.2, 0) is 21.6 Å². The first-order valence-corrected chi connectivity index (χ1v) is 36.1. The number of benzene rings is 6. The first-order valence-electron chi connectivity index (χ1n) is 18.2. The number of rotatable bonds is 0. The molecule has 0 unspecified atom stereocenters. The summed E-state index contributed by atoms with van der Waals surface area (Å²) >= 11 is 0. The van der Waals surface area contributed by atoms with Crippen LogP contribution in [0.4, 0.5) is 0 Å². The molecule has 0 aliphatic carbocycles. The summed E-state index contributed by atoms with van der Waals surface area (Å²) in [6.45, 7) is 0. The first kappa shape index (κ1) is 54.3. The van der Waals surface area contributed by atoms with Crippen molar-refractivity contribution >= 4 is 143 Å². The van der Waals surface area contributed by atoms with Gasteiger partial charge in [0.2, 0.25) is 6.20 Å². The monoisotopic (exact) mass is 1220 g/mol. The largest absolute Gasteiger partial charge is 1.00 e. The number of hydrogen-bond donors (Lipinski definition) is 6. The first-order chi connectivity index (χ1) is 30.8. The molecule has 12 nitrogen and oxygen atoms in total. The Bertz CT molecular complexity index is 2430. The predicted molar refractivity (Wildman–Crippen MR) is 262 cm³/mol. The Morgan fingerprint density at radius 3 is 0.723 bits per heavy atom. The molecule has 6 heterocycles. The zero-order valence-electron chi connectivity index (χ0n) is 33.8. The fourth-order valence-corrected chi connectivity index (χ4v) is 5.34. The van der Waals surface area contributed by atoms with Crippen LogP contribution in [0.25, 0.3) is 65.4 Å². The fraction of sp³-hybridized carbons (Fsp3) is 0. The van der Waals surface area contributed by atoms with Gasteiger partial charge in [0, 0.05) is 26.9 Å². The van der Waals surface area contributed by atoms with Gasteiger partial charge in [-0.1, -0.05) is 103 Å². The van der Waals surface area contributed by atoms with Crippen LogP contribution in [0, 0.1) is 0 Å². The fourth-order valence-electron chi connectivity index (χ4n) is 5.34. The Morgan fingerprint density at radius 2 is 0.508 bits per heavy atom. The van der Waals surface area contributed by atoms with Crippen LogP contribution in [0.5, 0.6) is 0 Å². The summed E-state index contributed by atoms with van der Waals surface area (Å²) in [5.74, 6) is 0. The molecule has 65 heavy (non-hydrogen) atoms. The van der Waals surface area contributed by atoms with Gasteiger partial charge < -0.3 is 0 Å². The summed E-state index contributed by atoms with van der Waals surface area (Å²) in [4.78, 5) is 0. The third-order valence-corrected chi connectivity index (χ3v) is 8.14. The molecular weight excluding hydrogens is 1180 g/mol. The summed E-state index contributed by atoms with van der Waals surface area (Å²) in [5, 5.41) is 46.7. The van der Waals surface area contributed by atoms with Crippen molar-refractivity contribution in [2.45, 2.75) is 0 Å². The Balaban J connectivity index is 0.000000164. The minimum atomic E-state index is -2.97. The van der Waals surface area contributed by atoms with E-state index in [0.717, 1.165) is 60.0 Å². The molecule has 6 aromatic heterocycles. The third kappa shape index (κ3) is 21.5. The second kappa shape index (κ2) is 28.8. The van der Waals surface area contributed by atoms with Crippen LogP contribution in [0.2, 0.25) is 0 Å². The third-order valence-electron chi connectivity index (χ3n) is 8.14. The van der Waals surface area contributed by atoms with Crippen LogP contribution in [-0.4, -0.2) is 56.1 Å². The van der Waals surface area contributed by atoms with Gasteiger partial charge in [-0.25, -0.2) is 0 Å². The standard InChI is InChI=1S/6C7H6N2.8ClH.Na.2Ru/c6*1-2-4-7-6(3-1)5-8-9-7;;;;;;;;;;;/h6*1-5H,(H,8,9);8*1H;;;/q;;;;;;;;;;;;;;+1;2*+4/p-7. The molecule has 0 amide bonds. The van der Waals surface area contributed by atoms with Gasteiger partial charge in [0.15, 0.2) is 0 Å². The Morgan fingerprint density at radius 1 is 0.308 bits per heavy atom. The van der Waals surface area contributed by atoms with Gasteiger partial charge in [-0.05, 0) is 42.5 Å². The van der Waals surface area contributed by atoms with Crippen molar-refractivity contribution < 1.29 is 56.3 Å². The molecular formula is C42H37Cl8N12NaRu2+2. The molecule has 12 rings (SSSR count). The van der Waals surface area contributed by atoms with Crippen molar-refractivity contribution in [2.75, 3.05) is 0 Å². The number of para-hydroxylation sites is 6. The van der Waals surface area contributed by atoms with E-state index in [9.17, 15) is 0 Å².